The molecule has 2 N–H and O–H groups in total. The Labute approximate surface area is 127 Å². The first-order valence-corrected chi connectivity index (χ1v) is 7.58. The fourth-order valence-electron chi connectivity index (χ4n) is 1.67. The Kier molecular flexibility index (Phi) is 9.40. The highest BCUT2D eigenvalue weighted by atomic mass is 16.6. The average molecular weight is 297 g/mol. The maximum Gasteiger partial charge on any atom is 0.163 e. The van der Waals surface area contributed by atoms with Crippen molar-refractivity contribution < 1.29 is 18.9 Å². The first-order chi connectivity index (χ1) is 10.3. The fraction of sp³-hybridized carbons (Fsp3) is 0.625. The van der Waals surface area contributed by atoms with E-state index in [1.807, 2.05) is 6.07 Å². The molecule has 0 amide bonds. The van der Waals surface area contributed by atoms with Gasteiger partial charge < -0.3 is 24.7 Å². The summed E-state index contributed by atoms with van der Waals surface area (Å²) in [4.78, 5) is 0. The van der Waals surface area contributed by atoms with Gasteiger partial charge in [0.1, 0.15) is 13.2 Å². The Hall–Kier alpha value is -1.46. The van der Waals surface area contributed by atoms with E-state index in [2.05, 4.69) is 13.8 Å². The zero-order valence-electron chi connectivity index (χ0n) is 13.1. The lowest BCUT2D eigenvalue weighted by Crippen LogP contribution is -2.10. The molecule has 0 unspecified atom stereocenters. The number of rotatable bonds is 12. The predicted octanol–water partition coefficient (Wildman–Crippen LogP) is 2.88. The van der Waals surface area contributed by atoms with Crippen molar-refractivity contribution in [2.75, 3.05) is 45.4 Å². The molecular formula is C16H27NO4. The van der Waals surface area contributed by atoms with Gasteiger partial charge in [0.25, 0.3) is 0 Å². The molecule has 21 heavy (non-hydrogen) atoms. The Balaban J connectivity index is 2.39. The largest absolute Gasteiger partial charge is 0.487 e. The number of ether oxygens (including phenoxy) is 4. The molecule has 5 heteroatoms. The summed E-state index contributed by atoms with van der Waals surface area (Å²) < 4.78 is 22.1. The average Bonchev–Trinajstić information content (AvgIpc) is 2.48. The minimum atomic E-state index is 0.478. The molecule has 1 rings (SSSR count). The molecule has 1 aromatic rings. The van der Waals surface area contributed by atoms with Gasteiger partial charge in [0.2, 0.25) is 0 Å². The number of nitrogens with two attached hydrogens (primary N) is 1. The summed E-state index contributed by atoms with van der Waals surface area (Å²) in [6.07, 6.45) is 2.01. The number of hydrogen-bond donors (Lipinski definition) is 1. The van der Waals surface area contributed by atoms with Crippen LogP contribution < -0.4 is 15.2 Å². The molecule has 0 saturated carbocycles. The third-order valence-corrected chi connectivity index (χ3v) is 2.64. The molecule has 0 spiro atoms. The van der Waals surface area contributed by atoms with Gasteiger partial charge in [0, 0.05) is 25.0 Å². The third-order valence-electron chi connectivity index (χ3n) is 2.64. The van der Waals surface area contributed by atoms with Crippen molar-refractivity contribution in [2.45, 2.75) is 26.7 Å². The van der Waals surface area contributed by atoms with Gasteiger partial charge >= 0.3 is 0 Å². The maximum atomic E-state index is 5.78. The van der Waals surface area contributed by atoms with Gasteiger partial charge in [-0.3, -0.25) is 0 Å². The van der Waals surface area contributed by atoms with Crippen LogP contribution in [0.5, 0.6) is 11.5 Å². The first kappa shape index (κ1) is 17.6. The smallest absolute Gasteiger partial charge is 0.163 e. The SMILES string of the molecule is CCCOCCOc1ccc(N)cc1OCCOCCC. The topological polar surface area (TPSA) is 62.9 Å². The predicted molar refractivity (Wildman–Crippen MR) is 84.1 cm³/mol. The molecule has 1 aromatic carbocycles. The lowest BCUT2D eigenvalue weighted by Gasteiger charge is -2.13. The summed E-state index contributed by atoms with van der Waals surface area (Å²) in [6, 6.07) is 5.38. The van der Waals surface area contributed by atoms with Gasteiger partial charge in [0.05, 0.1) is 13.2 Å². The van der Waals surface area contributed by atoms with Crippen LogP contribution >= 0.6 is 0 Å². The number of hydrogen-bond acceptors (Lipinski definition) is 5. The lowest BCUT2D eigenvalue weighted by molar-refractivity contribution is 0.0915. The van der Waals surface area contributed by atoms with E-state index in [0.717, 1.165) is 26.1 Å². The summed E-state index contributed by atoms with van der Waals surface area (Å²) in [5.41, 5.74) is 6.43. The molecule has 0 aliphatic carbocycles. The van der Waals surface area contributed by atoms with E-state index >= 15 is 0 Å². The van der Waals surface area contributed by atoms with Crippen LogP contribution in [0.15, 0.2) is 18.2 Å². The molecule has 5 nitrogen and oxygen atoms in total. The zero-order chi connectivity index (χ0) is 15.3. The summed E-state index contributed by atoms with van der Waals surface area (Å²) in [5, 5.41) is 0. The second kappa shape index (κ2) is 11.2. The summed E-state index contributed by atoms with van der Waals surface area (Å²) in [7, 11) is 0. The van der Waals surface area contributed by atoms with Crippen molar-refractivity contribution in [1.29, 1.82) is 0 Å². The number of benzene rings is 1. The van der Waals surface area contributed by atoms with Crippen LogP contribution in [-0.2, 0) is 9.47 Å². The number of nitrogen functional groups attached to an aromatic ring is 1. The molecule has 0 atom stereocenters. The van der Waals surface area contributed by atoms with E-state index in [-0.39, 0.29) is 0 Å². The van der Waals surface area contributed by atoms with Gasteiger partial charge in [-0.05, 0) is 25.0 Å². The van der Waals surface area contributed by atoms with Crippen molar-refractivity contribution in [3.05, 3.63) is 18.2 Å². The fourth-order valence-corrected chi connectivity index (χ4v) is 1.67. The van der Waals surface area contributed by atoms with Crippen LogP contribution in [0.2, 0.25) is 0 Å². The summed E-state index contributed by atoms with van der Waals surface area (Å²) >= 11 is 0. The second-order valence-electron chi connectivity index (χ2n) is 4.63. The molecule has 0 heterocycles. The van der Waals surface area contributed by atoms with Crippen LogP contribution in [0.25, 0.3) is 0 Å². The molecule has 0 aliphatic rings. The van der Waals surface area contributed by atoms with Crippen LogP contribution in [0, 0.1) is 0 Å². The van der Waals surface area contributed by atoms with Gasteiger partial charge in [-0.15, -0.1) is 0 Å². The molecule has 0 radical (unpaired) electrons. The van der Waals surface area contributed by atoms with Crippen LogP contribution in [0.4, 0.5) is 5.69 Å². The Morgan fingerprint density at radius 2 is 1.33 bits per heavy atom. The van der Waals surface area contributed by atoms with Gasteiger partial charge in [-0.25, -0.2) is 0 Å². The summed E-state index contributed by atoms with van der Waals surface area (Å²) in [6.45, 7) is 7.75. The number of anilines is 1. The highest BCUT2D eigenvalue weighted by Gasteiger charge is 2.06. The van der Waals surface area contributed by atoms with Crippen molar-refractivity contribution >= 4 is 5.69 Å². The van der Waals surface area contributed by atoms with E-state index in [4.69, 9.17) is 24.7 Å². The third kappa shape index (κ3) is 7.78. The second-order valence-corrected chi connectivity index (χ2v) is 4.63. The highest BCUT2D eigenvalue weighted by Crippen LogP contribution is 2.29. The van der Waals surface area contributed by atoms with Crippen LogP contribution in [0.1, 0.15) is 26.7 Å². The highest BCUT2D eigenvalue weighted by molar-refractivity contribution is 5.51. The monoisotopic (exact) mass is 297 g/mol. The normalized spacial score (nSPS) is 10.6. The van der Waals surface area contributed by atoms with Crippen LogP contribution in [0.3, 0.4) is 0 Å². The van der Waals surface area contributed by atoms with Crippen molar-refractivity contribution in [1.82, 2.24) is 0 Å². The summed E-state index contributed by atoms with van der Waals surface area (Å²) in [5.74, 6) is 1.32. The van der Waals surface area contributed by atoms with Crippen molar-refractivity contribution in [3.8, 4) is 11.5 Å². The zero-order valence-corrected chi connectivity index (χ0v) is 13.1. The molecule has 0 fully saturated rings. The molecular weight excluding hydrogens is 270 g/mol. The van der Waals surface area contributed by atoms with Gasteiger partial charge in [-0.2, -0.15) is 0 Å². The Morgan fingerprint density at radius 1 is 0.762 bits per heavy atom. The quantitative estimate of drug-likeness (QED) is 0.475. The molecule has 0 bridgehead atoms. The maximum absolute atomic E-state index is 5.78. The Morgan fingerprint density at radius 3 is 1.90 bits per heavy atom. The van der Waals surface area contributed by atoms with E-state index in [1.54, 1.807) is 12.1 Å². The van der Waals surface area contributed by atoms with Crippen molar-refractivity contribution in [3.63, 3.8) is 0 Å². The standard InChI is InChI=1S/C16H27NO4/c1-3-7-18-9-11-20-15-6-5-14(17)13-16(15)21-12-10-19-8-4-2/h5-6,13H,3-4,7-12,17H2,1-2H3. The van der Waals surface area contributed by atoms with Crippen molar-refractivity contribution in [2.24, 2.45) is 0 Å². The lowest BCUT2D eigenvalue weighted by atomic mass is 10.3. The molecule has 0 aliphatic heterocycles. The minimum absolute atomic E-state index is 0.478. The van der Waals surface area contributed by atoms with E-state index < -0.39 is 0 Å². The van der Waals surface area contributed by atoms with E-state index in [1.165, 1.54) is 0 Å². The van der Waals surface area contributed by atoms with Gasteiger partial charge in [-0.1, -0.05) is 13.8 Å². The van der Waals surface area contributed by atoms with E-state index in [0.29, 0.717) is 43.6 Å². The van der Waals surface area contributed by atoms with Gasteiger partial charge in [0.15, 0.2) is 11.5 Å². The minimum Gasteiger partial charge on any atom is -0.487 e. The van der Waals surface area contributed by atoms with E-state index in [9.17, 15) is 0 Å². The first-order valence-electron chi connectivity index (χ1n) is 7.58. The van der Waals surface area contributed by atoms with Crippen LogP contribution in [-0.4, -0.2) is 39.6 Å². The Bertz CT molecular complexity index is 385. The molecule has 0 saturated heterocycles. The molecule has 120 valence electrons. The molecule has 0 aromatic heterocycles.